The number of likely N-dealkylation sites (tertiary alicyclic amines) is 1. The molecule has 6 rings (SSSR count). The second-order valence-corrected chi connectivity index (χ2v) is 13.6. The standard InChI is InChI=1S/C41H42N2O5/c1-5-26-40(37(45)48-39(2,3)4,27-30-18-10-6-11-19-30)43-35(33-24-16-9-17-25-33)41(36(43)44,28-31-20-12-7-13-21-31)42-34(29-47-38(42)46)32-22-14-8-15-23-32/h5-25,34-35H,1,26-29H2,2-4H3/t34-,35-,40+,41+/m1/s1. The van der Waals surface area contributed by atoms with Crippen LogP contribution in [-0.4, -0.2) is 51.1 Å². The van der Waals surface area contributed by atoms with E-state index in [1.807, 2.05) is 142 Å². The number of hydrogen-bond acceptors (Lipinski definition) is 5. The van der Waals surface area contributed by atoms with Gasteiger partial charge in [0.25, 0.3) is 5.91 Å². The summed E-state index contributed by atoms with van der Waals surface area (Å²) in [6.07, 6.45) is 1.65. The first kappa shape index (κ1) is 32.8. The topological polar surface area (TPSA) is 76.2 Å². The highest BCUT2D eigenvalue weighted by atomic mass is 16.6. The third-order valence-corrected chi connectivity index (χ3v) is 9.28. The first-order valence-corrected chi connectivity index (χ1v) is 16.4. The molecule has 0 bridgehead atoms. The average Bonchev–Trinajstić information content (AvgIpc) is 3.47. The van der Waals surface area contributed by atoms with Crippen molar-refractivity contribution in [1.82, 2.24) is 9.80 Å². The van der Waals surface area contributed by atoms with Gasteiger partial charge in [-0.05, 0) is 49.4 Å². The zero-order valence-corrected chi connectivity index (χ0v) is 27.8. The van der Waals surface area contributed by atoms with E-state index in [2.05, 4.69) is 6.58 Å². The van der Waals surface area contributed by atoms with Crippen LogP contribution in [0.1, 0.15) is 61.5 Å². The van der Waals surface area contributed by atoms with Crippen molar-refractivity contribution in [2.75, 3.05) is 6.61 Å². The molecule has 246 valence electrons. The number of β-lactam (4-membered cyclic amide) rings is 1. The number of esters is 1. The Morgan fingerprint density at radius 3 is 1.90 bits per heavy atom. The van der Waals surface area contributed by atoms with Crippen molar-refractivity contribution < 1.29 is 23.9 Å². The van der Waals surface area contributed by atoms with Crippen molar-refractivity contribution in [2.45, 2.75) is 68.8 Å². The first-order chi connectivity index (χ1) is 23.1. The number of ether oxygens (including phenoxy) is 2. The third-order valence-electron chi connectivity index (χ3n) is 9.28. The van der Waals surface area contributed by atoms with Crippen molar-refractivity contribution in [2.24, 2.45) is 0 Å². The molecular weight excluding hydrogens is 600 g/mol. The van der Waals surface area contributed by atoms with Gasteiger partial charge in [0.15, 0.2) is 5.54 Å². The highest BCUT2D eigenvalue weighted by molar-refractivity contribution is 6.02. The smallest absolute Gasteiger partial charge is 0.411 e. The Labute approximate surface area is 282 Å². The predicted octanol–water partition coefficient (Wildman–Crippen LogP) is 7.64. The molecule has 0 spiro atoms. The molecule has 2 aliphatic heterocycles. The zero-order chi connectivity index (χ0) is 33.9. The molecule has 48 heavy (non-hydrogen) atoms. The van der Waals surface area contributed by atoms with Crippen LogP contribution in [0.5, 0.6) is 0 Å². The van der Waals surface area contributed by atoms with E-state index in [4.69, 9.17) is 9.47 Å². The van der Waals surface area contributed by atoms with Gasteiger partial charge in [0.05, 0.1) is 12.1 Å². The summed E-state index contributed by atoms with van der Waals surface area (Å²) in [6.45, 7) is 9.61. The maximum atomic E-state index is 15.6. The number of carbonyl (C=O) groups is 3. The van der Waals surface area contributed by atoms with Gasteiger partial charge in [0, 0.05) is 12.8 Å². The Morgan fingerprint density at radius 2 is 1.35 bits per heavy atom. The number of benzene rings is 4. The van der Waals surface area contributed by atoms with E-state index in [0.717, 1.165) is 22.3 Å². The summed E-state index contributed by atoms with van der Waals surface area (Å²) in [5.41, 5.74) is -0.315. The predicted molar refractivity (Wildman–Crippen MR) is 185 cm³/mol. The maximum Gasteiger partial charge on any atom is 0.411 e. The van der Waals surface area contributed by atoms with Crippen LogP contribution < -0.4 is 0 Å². The average molecular weight is 643 g/mol. The van der Waals surface area contributed by atoms with Gasteiger partial charge in [-0.2, -0.15) is 0 Å². The van der Waals surface area contributed by atoms with E-state index in [9.17, 15) is 9.59 Å². The minimum absolute atomic E-state index is 0.0993. The lowest BCUT2D eigenvalue weighted by Crippen LogP contribution is -2.82. The fraction of sp³-hybridized carbons (Fsp3) is 0.293. The van der Waals surface area contributed by atoms with E-state index < -0.39 is 40.8 Å². The van der Waals surface area contributed by atoms with E-state index >= 15 is 4.79 Å². The lowest BCUT2D eigenvalue weighted by atomic mass is 9.65. The van der Waals surface area contributed by atoms with Crippen molar-refractivity contribution in [3.8, 4) is 0 Å². The molecule has 0 aliphatic carbocycles. The quantitative estimate of drug-likeness (QED) is 0.0955. The number of carbonyl (C=O) groups excluding carboxylic acids is 3. The maximum absolute atomic E-state index is 15.6. The van der Waals surface area contributed by atoms with Gasteiger partial charge in [0.2, 0.25) is 0 Å². The van der Waals surface area contributed by atoms with Gasteiger partial charge < -0.3 is 14.4 Å². The molecule has 2 amide bonds. The Bertz CT molecular complexity index is 1760. The van der Waals surface area contributed by atoms with Gasteiger partial charge in [-0.1, -0.05) is 127 Å². The van der Waals surface area contributed by atoms with Crippen LogP contribution in [0.4, 0.5) is 4.79 Å². The summed E-state index contributed by atoms with van der Waals surface area (Å²) in [5.74, 6) is -0.867. The Morgan fingerprint density at radius 1 is 0.833 bits per heavy atom. The molecule has 4 atom stereocenters. The van der Waals surface area contributed by atoms with Gasteiger partial charge in [-0.15, -0.1) is 6.58 Å². The molecule has 7 nitrogen and oxygen atoms in total. The van der Waals surface area contributed by atoms with Crippen LogP contribution >= 0.6 is 0 Å². The number of amides is 2. The minimum Gasteiger partial charge on any atom is -0.458 e. The molecule has 2 saturated heterocycles. The van der Waals surface area contributed by atoms with Crippen LogP contribution in [0.2, 0.25) is 0 Å². The number of hydrogen-bond donors (Lipinski definition) is 0. The Kier molecular flexibility index (Phi) is 8.97. The SMILES string of the molecule is C=CC[C@](Cc1ccccc1)(C(=O)OC(C)(C)C)N1C(=O)[C@@](Cc2ccccc2)(N2C(=O)OC[C@@H]2c2ccccc2)[C@H]1c1ccccc1. The van der Waals surface area contributed by atoms with Crippen LogP contribution in [0, 0.1) is 0 Å². The molecular formula is C41H42N2O5. The van der Waals surface area contributed by atoms with Crippen LogP contribution in [0.3, 0.4) is 0 Å². The highest BCUT2D eigenvalue weighted by Crippen LogP contribution is 2.57. The molecule has 2 fully saturated rings. The summed E-state index contributed by atoms with van der Waals surface area (Å²) in [5, 5.41) is 0. The fourth-order valence-corrected chi connectivity index (χ4v) is 7.33. The normalized spacial score (nSPS) is 22.0. The molecule has 7 heteroatoms. The van der Waals surface area contributed by atoms with Gasteiger partial charge >= 0.3 is 12.1 Å². The van der Waals surface area contributed by atoms with E-state index in [1.54, 1.807) is 15.9 Å². The van der Waals surface area contributed by atoms with E-state index in [-0.39, 0.29) is 31.8 Å². The molecule has 2 aliphatic rings. The van der Waals surface area contributed by atoms with E-state index in [0.29, 0.717) is 0 Å². The summed E-state index contributed by atoms with van der Waals surface area (Å²) in [7, 11) is 0. The third kappa shape index (κ3) is 5.89. The second-order valence-electron chi connectivity index (χ2n) is 13.6. The molecule has 2 heterocycles. The molecule has 4 aromatic carbocycles. The highest BCUT2D eigenvalue weighted by Gasteiger charge is 2.73. The largest absolute Gasteiger partial charge is 0.458 e. The summed E-state index contributed by atoms with van der Waals surface area (Å²) in [4.78, 5) is 47.7. The molecule has 4 aromatic rings. The van der Waals surface area contributed by atoms with Crippen molar-refractivity contribution in [3.05, 3.63) is 156 Å². The van der Waals surface area contributed by atoms with Crippen LogP contribution in [-0.2, 0) is 31.9 Å². The number of nitrogens with zero attached hydrogens (tertiary/aromatic N) is 2. The van der Waals surface area contributed by atoms with Gasteiger partial charge in [-0.25, -0.2) is 9.59 Å². The van der Waals surface area contributed by atoms with Crippen molar-refractivity contribution >= 4 is 18.0 Å². The van der Waals surface area contributed by atoms with Crippen molar-refractivity contribution in [1.29, 1.82) is 0 Å². The lowest BCUT2D eigenvalue weighted by molar-refractivity contribution is -0.205. The van der Waals surface area contributed by atoms with Gasteiger partial charge in [0.1, 0.15) is 17.7 Å². The van der Waals surface area contributed by atoms with Crippen LogP contribution in [0.25, 0.3) is 0 Å². The number of rotatable bonds is 11. The molecule has 0 saturated carbocycles. The second kappa shape index (κ2) is 13.1. The summed E-state index contributed by atoms with van der Waals surface area (Å²) < 4.78 is 11.9. The summed E-state index contributed by atoms with van der Waals surface area (Å²) in [6, 6.07) is 37.4. The van der Waals surface area contributed by atoms with Crippen LogP contribution in [0.15, 0.2) is 134 Å². The molecule has 0 N–H and O–H groups in total. The molecule has 0 radical (unpaired) electrons. The molecule has 0 aromatic heterocycles. The molecule has 0 unspecified atom stereocenters. The lowest BCUT2D eigenvalue weighted by Gasteiger charge is -2.64. The zero-order valence-electron chi connectivity index (χ0n) is 27.8. The summed E-state index contributed by atoms with van der Waals surface area (Å²) >= 11 is 0. The Hall–Kier alpha value is -5.17. The van der Waals surface area contributed by atoms with Crippen molar-refractivity contribution in [3.63, 3.8) is 0 Å². The van der Waals surface area contributed by atoms with E-state index in [1.165, 1.54) is 0 Å². The first-order valence-electron chi connectivity index (χ1n) is 16.4. The van der Waals surface area contributed by atoms with Gasteiger partial charge in [-0.3, -0.25) is 9.69 Å². The minimum atomic E-state index is -1.47. The fourth-order valence-electron chi connectivity index (χ4n) is 7.33. The number of cyclic esters (lactones) is 1. The monoisotopic (exact) mass is 642 g/mol. The Balaban J connectivity index is 1.61.